The number of fused-ring (bicyclic) bond motifs is 12. The van der Waals surface area contributed by atoms with Crippen molar-refractivity contribution in [2.75, 3.05) is 0 Å². The van der Waals surface area contributed by atoms with E-state index in [2.05, 4.69) is 197 Å². The van der Waals surface area contributed by atoms with Gasteiger partial charge < -0.3 is 30.6 Å². The number of aromatic hydroxyl groups is 6. The highest BCUT2D eigenvalue weighted by molar-refractivity contribution is 5.59. The van der Waals surface area contributed by atoms with Crippen LogP contribution in [0.3, 0.4) is 0 Å². The first kappa shape index (κ1) is 53.9. The molecule has 6 aromatic carbocycles. The van der Waals surface area contributed by atoms with Gasteiger partial charge in [-0.15, -0.1) is 0 Å². The molecule has 0 atom stereocenters. The Morgan fingerprint density at radius 1 is 0.208 bits per heavy atom. The lowest BCUT2D eigenvalue weighted by molar-refractivity contribution is 0.434. The van der Waals surface area contributed by atoms with Crippen molar-refractivity contribution in [2.45, 2.75) is 196 Å². The zero-order chi connectivity index (χ0) is 53.6. The maximum absolute atomic E-state index is 12.2. The van der Waals surface area contributed by atoms with Crippen molar-refractivity contribution in [2.24, 2.45) is 0 Å². The molecule has 0 spiro atoms. The molecule has 12 bridgehead atoms. The minimum absolute atomic E-state index is 0.210. The molecule has 72 heavy (non-hydrogen) atoms. The Hall–Kier alpha value is -5.88. The summed E-state index contributed by atoms with van der Waals surface area (Å²) in [6.45, 7) is 37.9. The van der Waals surface area contributed by atoms with Crippen LogP contribution in [0.4, 0.5) is 0 Å². The summed E-state index contributed by atoms with van der Waals surface area (Å²) in [7, 11) is 0. The second-order valence-electron chi connectivity index (χ2n) is 27.5. The van der Waals surface area contributed by atoms with E-state index in [-0.39, 0.29) is 53.8 Å². The maximum atomic E-state index is 12.2. The van der Waals surface area contributed by atoms with Crippen molar-refractivity contribution < 1.29 is 30.6 Å². The van der Waals surface area contributed by atoms with Crippen molar-refractivity contribution in [1.82, 2.24) is 0 Å². The molecule has 0 aromatic heterocycles. The molecule has 0 saturated heterocycles. The number of hydrogen-bond donors (Lipinski definition) is 6. The Morgan fingerprint density at radius 3 is 0.444 bits per heavy atom. The molecule has 0 heterocycles. The minimum atomic E-state index is -0.408. The number of phenolic OH excluding ortho intramolecular Hbond substituents is 6. The maximum Gasteiger partial charge on any atom is 0.122 e. The summed E-state index contributed by atoms with van der Waals surface area (Å²) in [4.78, 5) is 0. The zero-order valence-corrected chi connectivity index (χ0v) is 46.9. The Kier molecular flexibility index (Phi) is 13.9. The van der Waals surface area contributed by atoms with Gasteiger partial charge in [0.1, 0.15) is 34.5 Å². The molecule has 6 aromatic rings. The Balaban J connectivity index is 1.56. The van der Waals surface area contributed by atoms with Crippen LogP contribution in [0.15, 0.2) is 72.8 Å². The molecular formula is C66H84O6. The first-order valence-corrected chi connectivity index (χ1v) is 26.0. The predicted octanol–water partition coefficient (Wildman–Crippen LogP) is 15.6. The molecule has 6 N–H and O–H groups in total. The van der Waals surface area contributed by atoms with Crippen LogP contribution in [0, 0.1) is 0 Å². The van der Waals surface area contributed by atoms with Crippen LogP contribution in [0.1, 0.15) is 225 Å². The van der Waals surface area contributed by atoms with Crippen LogP contribution in [-0.2, 0) is 71.0 Å². The van der Waals surface area contributed by atoms with Crippen molar-refractivity contribution >= 4 is 0 Å². The van der Waals surface area contributed by atoms with Gasteiger partial charge in [0.25, 0.3) is 0 Å². The molecule has 0 unspecified atom stereocenters. The van der Waals surface area contributed by atoms with E-state index in [1.807, 2.05) is 0 Å². The number of rotatable bonds is 0. The molecule has 6 nitrogen and oxygen atoms in total. The fourth-order valence-corrected chi connectivity index (χ4v) is 10.7. The van der Waals surface area contributed by atoms with Gasteiger partial charge in [0.05, 0.1) is 0 Å². The number of hydrogen-bond acceptors (Lipinski definition) is 6. The van der Waals surface area contributed by atoms with E-state index >= 15 is 0 Å². The molecule has 0 fully saturated rings. The first-order valence-electron chi connectivity index (χ1n) is 26.0. The quantitative estimate of drug-likeness (QED) is 0.0900. The summed E-state index contributed by atoms with van der Waals surface area (Å²) < 4.78 is 0. The molecule has 384 valence electrons. The first-order chi connectivity index (χ1) is 32.9. The van der Waals surface area contributed by atoms with Gasteiger partial charge >= 0.3 is 0 Å². The average molecular weight is 973 g/mol. The highest BCUT2D eigenvalue weighted by atomic mass is 16.3. The highest BCUT2D eigenvalue weighted by Gasteiger charge is 2.30. The molecule has 1 aliphatic carbocycles. The third-order valence-electron chi connectivity index (χ3n) is 14.7. The summed E-state index contributed by atoms with van der Waals surface area (Å²) in [5.41, 5.74) is 12.7. The minimum Gasteiger partial charge on any atom is -0.507 e. The average Bonchev–Trinajstić information content (AvgIpc) is 3.21. The van der Waals surface area contributed by atoms with E-state index in [4.69, 9.17) is 0 Å². The third kappa shape index (κ3) is 11.3. The van der Waals surface area contributed by atoms with Crippen LogP contribution in [0.2, 0.25) is 0 Å². The lowest BCUT2D eigenvalue weighted by Gasteiger charge is -2.27. The molecule has 0 amide bonds. The molecule has 1 aliphatic rings. The van der Waals surface area contributed by atoms with E-state index < -0.39 is 32.5 Å². The van der Waals surface area contributed by atoms with E-state index in [0.717, 1.165) is 66.8 Å². The smallest absolute Gasteiger partial charge is 0.122 e. The topological polar surface area (TPSA) is 121 Å². The van der Waals surface area contributed by atoms with Crippen LogP contribution in [0.5, 0.6) is 34.5 Å². The number of benzene rings is 6. The summed E-state index contributed by atoms with van der Waals surface area (Å²) in [6, 6.07) is 25.0. The van der Waals surface area contributed by atoms with E-state index in [0.29, 0.717) is 52.6 Å². The highest BCUT2D eigenvalue weighted by Crippen LogP contribution is 2.45. The predicted molar refractivity (Wildman–Crippen MR) is 298 cm³/mol. The van der Waals surface area contributed by atoms with Gasteiger partial charge in [-0.3, -0.25) is 0 Å². The third-order valence-corrected chi connectivity index (χ3v) is 14.7. The van der Waals surface area contributed by atoms with Gasteiger partial charge in [0.2, 0.25) is 0 Å². The van der Waals surface area contributed by atoms with Gasteiger partial charge in [0.15, 0.2) is 0 Å². The van der Waals surface area contributed by atoms with Crippen LogP contribution >= 0.6 is 0 Å². The SMILES string of the molecule is CC(C)(C)c1cc2cc(c1O)Cc1cc(cc(C(C)(C)C)c1O)Cc1cc(c(O)c(C(C)(C)C)c1)Cc1cc(cc(C(C)(C)C)c1O)Cc1cc(c(O)c(C(C)(C)C)c1)Cc1cc(cc(C(C)(C)C)c1O)C2. The Morgan fingerprint density at radius 2 is 0.333 bits per heavy atom. The van der Waals surface area contributed by atoms with Gasteiger partial charge in [-0.2, -0.15) is 0 Å². The van der Waals surface area contributed by atoms with Crippen molar-refractivity contribution in [1.29, 1.82) is 0 Å². The van der Waals surface area contributed by atoms with Gasteiger partial charge in [-0.1, -0.05) is 197 Å². The van der Waals surface area contributed by atoms with Crippen LogP contribution in [0.25, 0.3) is 0 Å². The summed E-state index contributed by atoms with van der Waals surface area (Å²) in [5.74, 6) is 1.26. The Labute approximate surface area is 431 Å². The van der Waals surface area contributed by atoms with Crippen molar-refractivity contribution in [3.05, 3.63) is 173 Å². The lowest BCUT2D eigenvalue weighted by atomic mass is 9.79. The van der Waals surface area contributed by atoms with Crippen molar-refractivity contribution in [3.63, 3.8) is 0 Å². The molecule has 6 heteroatoms. The molecule has 7 rings (SSSR count). The zero-order valence-electron chi connectivity index (χ0n) is 46.9. The molecule has 0 saturated carbocycles. The van der Waals surface area contributed by atoms with Crippen LogP contribution < -0.4 is 0 Å². The van der Waals surface area contributed by atoms with E-state index in [9.17, 15) is 30.6 Å². The summed E-state index contributed by atoms with van der Waals surface area (Å²) in [6.07, 6.45) is 2.40. The molecular weight excluding hydrogens is 889 g/mol. The molecule has 0 aliphatic heterocycles. The van der Waals surface area contributed by atoms with Gasteiger partial charge in [-0.25, -0.2) is 0 Å². The van der Waals surface area contributed by atoms with Crippen molar-refractivity contribution in [3.8, 4) is 34.5 Å². The monoisotopic (exact) mass is 973 g/mol. The van der Waals surface area contributed by atoms with E-state index in [1.165, 1.54) is 0 Å². The van der Waals surface area contributed by atoms with E-state index in [1.54, 1.807) is 0 Å². The fourth-order valence-electron chi connectivity index (χ4n) is 10.7. The Bertz CT molecular complexity index is 2530. The standard InChI is InChI=1S/C66H84O6/c1-61(2,3)49-28-37-19-38-23-45(57(69)50(29-38)62(4,5)6)35-46-26-41(32-53(58(46)70)65(13,14)15)21-42-27-48(60(72)54(33-42)66(16,17)18)36-47-25-40(31-52(59(47)71)64(10,11)12)20-39-24-44(34-43(22-37)55(49)67)56(68)51(30-39)63(7,8)9/h22-33,67-72H,19-21,34-36H2,1-18H3. The van der Waals surface area contributed by atoms with Gasteiger partial charge in [-0.05, 0) is 152 Å². The van der Waals surface area contributed by atoms with Gasteiger partial charge in [0, 0.05) is 19.3 Å². The second kappa shape index (κ2) is 18.6. The molecule has 0 radical (unpaired) electrons. The fraction of sp³-hybridized carbons (Fsp3) is 0.455. The summed E-state index contributed by atoms with van der Waals surface area (Å²) in [5, 5.41) is 73.3. The second-order valence-corrected chi connectivity index (χ2v) is 27.5. The summed E-state index contributed by atoms with van der Waals surface area (Å²) >= 11 is 0. The van der Waals surface area contributed by atoms with Crippen LogP contribution in [-0.4, -0.2) is 30.6 Å². The largest absolute Gasteiger partial charge is 0.507 e. The normalized spacial score (nSPS) is 14.2. The lowest BCUT2D eigenvalue weighted by Crippen LogP contribution is -2.16. The number of phenols is 6.